The summed E-state index contributed by atoms with van der Waals surface area (Å²) < 4.78 is 46.1. The standard InChI is InChI=1S/C23H26FN5O5S/c1-2-35(32,33)18-7-8-20(19(24)9-18)29-12-16(10-27-29)22-21(11-25-14-26-22)34-13-15-3-5-17(6-4-15)28-23(30)31/h7-12,14-15,17,28H,2-6,13H2,1H3,(H,30,31). The summed E-state index contributed by atoms with van der Waals surface area (Å²) in [6.07, 6.45) is 8.25. The van der Waals surface area contributed by atoms with E-state index >= 15 is 0 Å². The predicted octanol–water partition coefficient (Wildman–Crippen LogP) is 3.47. The molecular weight excluding hydrogens is 477 g/mol. The number of rotatable bonds is 8. The molecule has 3 aromatic rings. The van der Waals surface area contributed by atoms with Crippen molar-refractivity contribution >= 4 is 15.9 Å². The summed E-state index contributed by atoms with van der Waals surface area (Å²) in [5, 5.41) is 15.6. The number of sulfone groups is 1. The van der Waals surface area contributed by atoms with Crippen LogP contribution >= 0.6 is 0 Å². The molecule has 1 saturated carbocycles. The molecule has 0 unspecified atom stereocenters. The normalized spacial score (nSPS) is 18.2. The fourth-order valence-corrected chi connectivity index (χ4v) is 5.00. The molecule has 0 radical (unpaired) electrons. The number of hydrogen-bond acceptors (Lipinski definition) is 7. The maximum absolute atomic E-state index is 14.7. The van der Waals surface area contributed by atoms with Gasteiger partial charge in [0.1, 0.15) is 23.5 Å². The number of aromatic nitrogens is 4. The Kier molecular flexibility index (Phi) is 7.29. The smallest absolute Gasteiger partial charge is 0.404 e. The predicted molar refractivity (Wildman–Crippen MR) is 125 cm³/mol. The number of nitrogens with one attached hydrogen (secondary N) is 1. The van der Waals surface area contributed by atoms with Crippen molar-refractivity contribution in [1.29, 1.82) is 0 Å². The molecule has 0 aliphatic heterocycles. The molecule has 2 N–H and O–H groups in total. The topological polar surface area (TPSA) is 136 Å². The number of amides is 1. The van der Waals surface area contributed by atoms with E-state index < -0.39 is 21.7 Å². The number of hydrogen-bond donors (Lipinski definition) is 2. The second-order valence-electron chi connectivity index (χ2n) is 8.40. The van der Waals surface area contributed by atoms with E-state index in [4.69, 9.17) is 9.84 Å². The quantitative estimate of drug-likeness (QED) is 0.477. The van der Waals surface area contributed by atoms with Crippen molar-refractivity contribution in [2.75, 3.05) is 12.4 Å². The molecule has 2 aromatic heterocycles. The highest BCUT2D eigenvalue weighted by molar-refractivity contribution is 7.91. The Morgan fingerprint density at radius 3 is 2.71 bits per heavy atom. The molecule has 1 aliphatic carbocycles. The molecule has 10 nitrogen and oxygen atoms in total. The van der Waals surface area contributed by atoms with Crippen LogP contribution in [0, 0.1) is 11.7 Å². The zero-order valence-corrected chi connectivity index (χ0v) is 19.9. The van der Waals surface area contributed by atoms with Gasteiger partial charge in [-0.15, -0.1) is 0 Å². The molecule has 4 rings (SSSR count). The summed E-state index contributed by atoms with van der Waals surface area (Å²) in [4.78, 5) is 19.1. The van der Waals surface area contributed by atoms with Gasteiger partial charge in [-0.05, 0) is 49.8 Å². The van der Waals surface area contributed by atoms with Crippen LogP contribution in [0.25, 0.3) is 16.9 Å². The van der Waals surface area contributed by atoms with Crippen molar-refractivity contribution in [3.8, 4) is 22.7 Å². The second-order valence-corrected chi connectivity index (χ2v) is 10.7. The average Bonchev–Trinajstić information content (AvgIpc) is 3.33. The minimum absolute atomic E-state index is 0.0262. The lowest BCUT2D eigenvalue weighted by molar-refractivity contribution is 0.169. The van der Waals surface area contributed by atoms with Crippen LogP contribution in [0.15, 0.2) is 48.0 Å². The summed E-state index contributed by atoms with van der Waals surface area (Å²) in [6.45, 7) is 1.94. The van der Waals surface area contributed by atoms with Gasteiger partial charge in [0.25, 0.3) is 0 Å². The Bertz CT molecular complexity index is 1310. The minimum atomic E-state index is -3.52. The Balaban J connectivity index is 1.47. The summed E-state index contributed by atoms with van der Waals surface area (Å²) >= 11 is 0. The lowest BCUT2D eigenvalue weighted by Crippen LogP contribution is -2.37. The first-order valence-electron chi connectivity index (χ1n) is 11.3. The van der Waals surface area contributed by atoms with Gasteiger partial charge in [0.15, 0.2) is 15.6 Å². The Morgan fingerprint density at radius 2 is 2.03 bits per heavy atom. The van der Waals surface area contributed by atoms with Gasteiger partial charge in [0, 0.05) is 17.8 Å². The maximum Gasteiger partial charge on any atom is 0.404 e. The lowest BCUT2D eigenvalue weighted by atomic mass is 9.86. The summed E-state index contributed by atoms with van der Waals surface area (Å²) in [5.74, 6) is -0.0804. The molecular formula is C23H26FN5O5S. The summed E-state index contributed by atoms with van der Waals surface area (Å²) in [6, 6.07) is 3.71. The van der Waals surface area contributed by atoms with E-state index in [1.54, 1.807) is 12.4 Å². The fraction of sp³-hybridized carbons (Fsp3) is 0.391. The van der Waals surface area contributed by atoms with Gasteiger partial charge in [0.05, 0.1) is 29.6 Å². The molecule has 35 heavy (non-hydrogen) atoms. The molecule has 0 bridgehead atoms. The monoisotopic (exact) mass is 503 g/mol. The molecule has 12 heteroatoms. The number of nitrogens with zero attached hydrogens (tertiary/aromatic N) is 4. The number of ether oxygens (including phenoxy) is 1. The van der Waals surface area contributed by atoms with Crippen LogP contribution in [-0.2, 0) is 9.84 Å². The van der Waals surface area contributed by atoms with E-state index in [2.05, 4.69) is 20.4 Å². The van der Waals surface area contributed by atoms with Crippen LogP contribution in [0.5, 0.6) is 5.75 Å². The van der Waals surface area contributed by atoms with Gasteiger partial charge in [0.2, 0.25) is 0 Å². The van der Waals surface area contributed by atoms with E-state index in [0.717, 1.165) is 31.7 Å². The highest BCUT2D eigenvalue weighted by Crippen LogP contribution is 2.30. The van der Waals surface area contributed by atoms with E-state index in [9.17, 15) is 17.6 Å². The van der Waals surface area contributed by atoms with E-state index in [0.29, 0.717) is 23.6 Å². The molecule has 0 atom stereocenters. The van der Waals surface area contributed by atoms with Crippen molar-refractivity contribution in [1.82, 2.24) is 25.1 Å². The van der Waals surface area contributed by atoms with Gasteiger partial charge in [-0.3, -0.25) is 0 Å². The van der Waals surface area contributed by atoms with Crippen molar-refractivity contribution in [2.45, 2.75) is 43.5 Å². The lowest BCUT2D eigenvalue weighted by Gasteiger charge is -2.28. The first-order chi connectivity index (χ1) is 16.8. The van der Waals surface area contributed by atoms with Gasteiger partial charge in [-0.25, -0.2) is 32.3 Å². The van der Waals surface area contributed by atoms with Gasteiger partial charge < -0.3 is 15.2 Å². The molecule has 1 aliphatic rings. The zero-order valence-electron chi connectivity index (χ0n) is 19.1. The molecule has 186 valence electrons. The van der Waals surface area contributed by atoms with Crippen molar-refractivity contribution in [2.24, 2.45) is 5.92 Å². The number of carbonyl (C=O) groups is 1. The molecule has 2 heterocycles. The molecule has 0 spiro atoms. The highest BCUT2D eigenvalue weighted by atomic mass is 32.2. The number of halogens is 1. The average molecular weight is 504 g/mol. The molecule has 1 aromatic carbocycles. The largest absolute Gasteiger partial charge is 0.489 e. The van der Waals surface area contributed by atoms with Crippen molar-refractivity contribution in [3.63, 3.8) is 0 Å². The number of benzene rings is 1. The summed E-state index contributed by atoms with van der Waals surface area (Å²) in [5.41, 5.74) is 1.19. The Labute approximate surface area is 202 Å². The van der Waals surface area contributed by atoms with Crippen molar-refractivity contribution in [3.05, 3.63) is 48.9 Å². The van der Waals surface area contributed by atoms with E-state index in [-0.39, 0.29) is 28.3 Å². The Hall–Kier alpha value is -3.54. The third-order valence-electron chi connectivity index (χ3n) is 6.09. The van der Waals surface area contributed by atoms with Crippen LogP contribution in [0.3, 0.4) is 0 Å². The second kappa shape index (κ2) is 10.4. The van der Waals surface area contributed by atoms with Crippen LogP contribution in [0.2, 0.25) is 0 Å². The number of carboxylic acid groups (broad SMARTS) is 1. The third kappa shape index (κ3) is 5.76. The Morgan fingerprint density at radius 1 is 1.26 bits per heavy atom. The molecule has 1 fully saturated rings. The van der Waals surface area contributed by atoms with Gasteiger partial charge in [-0.1, -0.05) is 6.92 Å². The minimum Gasteiger partial charge on any atom is -0.489 e. The van der Waals surface area contributed by atoms with E-state index in [1.165, 1.54) is 36.3 Å². The third-order valence-corrected chi connectivity index (χ3v) is 7.82. The molecule has 1 amide bonds. The highest BCUT2D eigenvalue weighted by Gasteiger charge is 2.23. The summed E-state index contributed by atoms with van der Waals surface area (Å²) in [7, 11) is -3.52. The van der Waals surface area contributed by atoms with Crippen molar-refractivity contribution < 1.29 is 27.4 Å². The fourth-order valence-electron chi connectivity index (χ4n) is 4.11. The molecule has 0 saturated heterocycles. The van der Waals surface area contributed by atoms with E-state index in [1.807, 2.05) is 0 Å². The van der Waals surface area contributed by atoms with Gasteiger partial charge in [-0.2, -0.15) is 5.10 Å². The zero-order chi connectivity index (χ0) is 25.0. The van der Waals surface area contributed by atoms with Crippen LogP contribution in [-0.4, -0.2) is 57.8 Å². The van der Waals surface area contributed by atoms with Crippen LogP contribution in [0.1, 0.15) is 32.6 Å². The van der Waals surface area contributed by atoms with Crippen LogP contribution in [0.4, 0.5) is 9.18 Å². The SMILES string of the molecule is CCS(=O)(=O)c1ccc(-n2cc(-c3ncncc3OCC3CCC(NC(=O)O)CC3)cn2)c(F)c1. The maximum atomic E-state index is 14.7. The first-order valence-corrected chi connectivity index (χ1v) is 12.9. The van der Waals surface area contributed by atoms with Crippen LogP contribution < -0.4 is 10.1 Å². The first kappa shape index (κ1) is 24.6. The van der Waals surface area contributed by atoms with Gasteiger partial charge >= 0.3 is 6.09 Å².